The molecule has 2 aliphatic heterocycles. The average molecular weight is 739 g/mol. The average Bonchev–Trinajstić information content (AvgIpc) is 3.53. The molecule has 5 rings (SSSR count). The Hall–Kier alpha value is -3.83. The minimum atomic E-state index is -6.23. The number of urea groups is 1. The van der Waals surface area contributed by atoms with E-state index in [-0.39, 0.29) is 44.1 Å². The second-order valence-electron chi connectivity index (χ2n) is 12.3. The molecule has 2 fully saturated rings. The van der Waals surface area contributed by atoms with E-state index in [0.717, 1.165) is 42.5 Å². The fourth-order valence-electron chi connectivity index (χ4n) is 6.50. The van der Waals surface area contributed by atoms with E-state index in [1.165, 1.54) is 9.80 Å². The third-order valence-electron chi connectivity index (χ3n) is 9.39. The fraction of sp³-hybridized carbons (Fsp3) is 0.424. The first-order valence-corrected chi connectivity index (χ1v) is 16.8. The minimum absolute atomic E-state index is 0.0238. The number of rotatable bonds is 8. The molecular weight excluding hydrogens is 707 g/mol. The SMILES string of the molecule is O=C(N1CCC(CO)CC1)N1CC[C@](c2ccc(C(OCc3c(F)cccc3F)(C(F)(F)F)C(F)(F)F)cc2)(S(=O)(=O)c2ccc(F)cc2)C1. The second-order valence-corrected chi connectivity index (χ2v) is 14.5. The smallest absolute Gasteiger partial charge is 0.396 e. The van der Waals surface area contributed by atoms with Crippen LogP contribution in [0.15, 0.2) is 71.6 Å². The van der Waals surface area contributed by atoms with Gasteiger partial charge in [-0.1, -0.05) is 30.3 Å². The highest BCUT2D eigenvalue weighted by Gasteiger charge is 2.73. The lowest BCUT2D eigenvalue weighted by atomic mass is 9.88. The summed E-state index contributed by atoms with van der Waals surface area (Å²) < 4.78 is 160. The highest BCUT2D eigenvalue weighted by molar-refractivity contribution is 7.92. The molecule has 0 bridgehead atoms. The molecule has 7 nitrogen and oxygen atoms in total. The van der Waals surface area contributed by atoms with Gasteiger partial charge in [-0.25, -0.2) is 26.4 Å². The van der Waals surface area contributed by atoms with E-state index >= 15 is 0 Å². The van der Waals surface area contributed by atoms with Gasteiger partial charge in [0.1, 0.15) is 22.2 Å². The van der Waals surface area contributed by atoms with E-state index in [2.05, 4.69) is 4.74 Å². The number of alkyl halides is 6. The Morgan fingerprint density at radius 1 is 0.820 bits per heavy atom. The number of likely N-dealkylation sites (tertiary alicyclic amines) is 2. The molecule has 0 spiro atoms. The number of sulfone groups is 1. The van der Waals surface area contributed by atoms with Crippen molar-refractivity contribution >= 4 is 15.9 Å². The number of benzene rings is 3. The van der Waals surface area contributed by atoms with Crippen LogP contribution in [-0.4, -0.2) is 74.5 Å². The predicted octanol–water partition coefficient (Wildman–Crippen LogP) is 6.84. The van der Waals surface area contributed by atoms with Crippen LogP contribution < -0.4 is 0 Å². The van der Waals surface area contributed by atoms with Gasteiger partial charge in [0, 0.05) is 43.9 Å². The Kier molecular flexibility index (Phi) is 10.3. The molecule has 0 saturated carbocycles. The summed E-state index contributed by atoms with van der Waals surface area (Å²) in [6, 6.07) is 7.47. The zero-order valence-corrected chi connectivity index (χ0v) is 26.9. The van der Waals surface area contributed by atoms with E-state index in [0.29, 0.717) is 37.1 Å². The Morgan fingerprint density at radius 3 is 1.90 bits per heavy atom. The first-order valence-electron chi connectivity index (χ1n) is 15.3. The maximum absolute atomic E-state index is 14.5. The summed E-state index contributed by atoms with van der Waals surface area (Å²) in [5.74, 6) is -3.68. The minimum Gasteiger partial charge on any atom is -0.396 e. The highest BCUT2D eigenvalue weighted by atomic mass is 32.2. The molecule has 2 saturated heterocycles. The van der Waals surface area contributed by atoms with Gasteiger partial charge in [0.15, 0.2) is 9.84 Å². The Morgan fingerprint density at radius 2 is 1.38 bits per heavy atom. The van der Waals surface area contributed by atoms with Crippen LogP contribution in [0.25, 0.3) is 0 Å². The number of amides is 2. The van der Waals surface area contributed by atoms with Crippen molar-refractivity contribution in [2.24, 2.45) is 5.92 Å². The summed E-state index contributed by atoms with van der Waals surface area (Å²) in [5.41, 5.74) is -8.10. The van der Waals surface area contributed by atoms with Gasteiger partial charge in [-0.05, 0) is 67.1 Å². The van der Waals surface area contributed by atoms with Crippen LogP contribution >= 0.6 is 0 Å². The van der Waals surface area contributed by atoms with E-state index in [4.69, 9.17) is 0 Å². The first-order chi connectivity index (χ1) is 23.4. The third-order valence-corrected chi connectivity index (χ3v) is 11.9. The van der Waals surface area contributed by atoms with Crippen LogP contribution in [0.1, 0.15) is 36.0 Å². The normalized spacial score (nSPS) is 19.6. The number of carbonyl (C=O) groups excluding carboxylic acids is 1. The summed E-state index contributed by atoms with van der Waals surface area (Å²) in [7, 11) is -4.61. The van der Waals surface area contributed by atoms with Gasteiger partial charge in [0.05, 0.1) is 11.5 Å². The van der Waals surface area contributed by atoms with E-state index < -0.39 is 85.2 Å². The molecule has 0 aliphatic carbocycles. The van der Waals surface area contributed by atoms with Gasteiger partial charge in [-0.15, -0.1) is 0 Å². The quantitative estimate of drug-likeness (QED) is 0.202. The molecule has 3 aromatic rings. The van der Waals surface area contributed by atoms with Gasteiger partial charge < -0.3 is 19.6 Å². The molecule has 2 aliphatic rings. The fourth-order valence-corrected chi connectivity index (χ4v) is 8.57. The predicted molar refractivity (Wildman–Crippen MR) is 160 cm³/mol. The third kappa shape index (κ3) is 6.54. The van der Waals surface area contributed by atoms with Crippen molar-refractivity contribution in [3.05, 3.63) is 101 Å². The van der Waals surface area contributed by atoms with Crippen molar-refractivity contribution in [1.29, 1.82) is 0 Å². The first kappa shape index (κ1) is 37.4. The number of halogens is 9. The molecule has 1 N–H and O–H groups in total. The maximum Gasteiger partial charge on any atom is 0.430 e. The van der Waals surface area contributed by atoms with E-state index in [1.54, 1.807) is 0 Å². The molecule has 1 atom stereocenters. The van der Waals surface area contributed by atoms with Crippen molar-refractivity contribution in [2.45, 2.75) is 53.5 Å². The van der Waals surface area contributed by atoms with Crippen molar-refractivity contribution < 1.29 is 62.6 Å². The zero-order chi connectivity index (χ0) is 36.7. The molecule has 0 aromatic heterocycles. The Balaban J connectivity index is 1.57. The van der Waals surface area contributed by atoms with Crippen LogP contribution in [0.5, 0.6) is 0 Å². The van der Waals surface area contributed by atoms with Crippen LogP contribution in [0, 0.1) is 23.4 Å². The lowest BCUT2D eigenvalue weighted by molar-refractivity contribution is -0.392. The lowest BCUT2D eigenvalue weighted by Gasteiger charge is -2.38. The number of aliphatic hydroxyl groups is 1. The van der Waals surface area contributed by atoms with Gasteiger partial charge in [0.25, 0.3) is 5.60 Å². The lowest BCUT2D eigenvalue weighted by Crippen LogP contribution is -2.56. The van der Waals surface area contributed by atoms with Gasteiger partial charge in [-0.2, -0.15) is 26.3 Å². The Bertz CT molecular complexity index is 1760. The van der Waals surface area contributed by atoms with Crippen LogP contribution in [0.4, 0.5) is 44.3 Å². The summed E-state index contributed by atoms with van der Waals surface area (Å²) in [5, 5.41) is 9.43. The number of piperidine rings is 1. The van der Waals surface area contributed by atoms with Crippen LogP contribution in [0.2, 0.25) is 0 Å². The molecule has 17 heteroatoms. The molecule has 272 valence electrons. The second kappa shape index (κ2) is 13.7. The topological polar surface area (TPSA) is 87.2 Å². The van der Waals surface area contributed by atoms with Crippen LogP contribution in [0.3, 0.4) is 0 Å². The van der Waals surface area contributed by atoms with Crippen molar-refractivity contribution in [3.63, 3.8) is 0 Å². The van der Waals surface area contributed by atoms with E-state index in [1.807, 2.05) is 0 Å². The molecule has 3 aromatic carbocycles. The standard InChI is InChI=1S/C33H31F9N2O5S/c34-24-8-10-25(11-9-24)50(47,48)30(14-17-44(20-30)29(46)43-15-12-21(18-45)13-16-43)22-4-6-23(7-5-22)31(32(37,38)39,33(40,41)42)49-19-26-27(35)2-1-3-28(26)36/h1-11,21,45H,12-20H2/t30-/m0/s1. The van der Waals surface area contributed by atoms with Crippen molar-refractivity contribution in [2.75, 3.05) is 32.8 Å². The molecule has 2 amide bonds. The van der Waals surface area contributed by atoms with Gasteiger partial charge in [-0.3, -0.25) is 0 Å². The number of hydrogen-bond acceptors (Lipinski definition) is 5. The highest BCUT2D eigenvalue weighted by Crippen LogP contribution is 2.54. The molecule has 0 radical (unpaired) electrons. The van der Waals surface area contributed by atoms with Crippen molar-refractivity contribution in [1.82, 2.24) is 9.80 Å². The van der Waals surface area contributed by atoms with Gasteiger partial charge >= 0.3 is 18.4 Å². The summed E-state index contributed by atoms with van der Waals surface area (Å²) in [4.78, 5) is 15.8. The summed E-state index contributed by atoms with van der Waals surface area (Å²) in [6.07, 6.45) is -11.8. The summed E-state index contributed by atoms with van der Waals surface area (Å²) >= 11 is 0. The number of carbonyl (C=O) groups is 1. The number of ether oxygens (including phenoxy) is 1. The number of nitrogens with zero attached hydrogens (tertiary/aromatic N) is 2. The largest absolute Gasteiger partial charge is 0.430 e. The monoisotopic (exact) mass is 738 g/mol. The van der Waals surface area contributed by atoms with E-state index in [9.17, 15) is 57.8 Å². The summed E-state index contributed by atoms with van der Waals surface area (Å²) in [6.45, 7) is -2.02. The number of aliphatic hydroxyl groups excluding tert-OH is 1. The molecule has 50 heavy (non-hydrogen) atoms. The zero-order valence-electron chi connectivity index (χ0n) is 26.1. The number of hydrogen-bond donors (Lipinski definition) is 1. The molecular formula is C33H31F9N2O5S. The van der Waals surface area contributed by atoms with Gasteiger partial charge in [0.2, 0.25) is 0 Å². The van der Waals surface area contributed by atoms with Crippen molar-refractivity contribution in [3.8, 4) is 0 Å². The maximum atomic E-state index is 14.5. The van der Waals surface area contributed by atoms with Crippen LogP contribution in [-0.2, 0) is 31.5 Å². The molecule has 0 unspecified atom stereocenters. The molecule has 2 heterocycles. The Labute approximate surface area is 281 Å².